The van der Waals surface area contributed by atoms with Crippen LogP contribution >= 0.6 is 0 Å². The van der Waals surface area contributed by atoms with E-state index >= 15 is 0 Å². The van der Waals surface area contributed by atoms with Crippen LogP contribution < -0.4 is 11.1 Å². The molecule has 2 aliphatic rings. The number of alkyl halides is 3. The third kappa shape index (κ3) is 5.05. The summed E-state index contributed by atoms with van der Waals surface area (Å²) >= 11 is 0. The molecule has 2 heterocycles. The molecule has 1 atom stereocenters. The van der Waals surface area contributed by atoms with Crippen LogP contribution in [0.4, 0.5) is 18.9 Å². The van der Waals surface area contributed by atoms with E-state index in [1.54, 1.807) is 6.07 Å². The monoisotopic (exact) mass is 487 g/mol. The van der Waals surface area contributed by atoms with Gasteiger partial charge in [-0.1, -0.05) is 19.8 Å². The van der Waals surface area contributed by atoms with Crippen molar-refractivity contribution in [2.45, 2.75) is 51.7 Å². The first kappa shape index (κ1) is 24.8. The second-order valence-electron chi connectivity index (χ2n) is 10.0. The minimum absolute atomic E-state index is 0.0119. The van der Waals surface area contributed by atoms with E-state index in [9.17, 15) is 22.8 Å². The third-order valence-electron chi connectivity index (χ3n) is 6.51. The number of hydrogen-bond acceptors (Lipinski definition) is 5. The lowest BCUT2D eigenvalue weighted by atomic mass is 9.75. The number of aromatic nitrogens is 2. The van der Waals surface area contributed by atoms with Crippen LogP contribution in [0.25, 0.3) is 5.69 Å². The standard InChI is InChI=1S/C25H28F3N5O2/c1-4-9-32-10-5-6-15(14-32)30-18-11-16(7-8-17(18)23(29)35)33-19-12-24(2,3)13-20(34)21(19)22(31-33)25(26,27)28/h1,7-8,11,15,30H,5-6,9-10,12-14H2,2-3H3,(H2,29,35). The molecule has 1 amide bonds. The highest BCUT2D eigenvalue weighted by Crippen LogP contribution is 2.42. The molecule has 10 heteroatoms. The normalized spacial score (nSPS) is 20.2. The number of rotatable bonds is 5. The number of piperidine rings is 1. The molecule has 186 valence electrons. The fourth-order valence-corrected chi connectivity index (χ4v) is 5.02. The Morgan fingerprint density at radius 1 is 1.34 bits per heavy atom. The van der Waals surface area contributed by atoms with Crippen molar-refractivity contribution in [2.75, 3.05) is 25.0 Å². The number of primary amides is 1. The van der Waals surface area contributed by atoms with Gasteiger partial charge in [0.15, 0.2) is 11.5 Å². The van der Waals surface area contributed by atoms with Crippen LogP contribution in [0.2, 0.25) is 0 Å². The van der Waals surface area contributed by atoms with Crippen LogP contribution in [-0.4, -0.2) is 52.0 Å². The molecule has 35 heavy (non-hydrogen) atoms. The van der Waals surface area contributed by atoms with E-state index in [2.05, 4.69) is 21.2 Å². The first-order valence-electron chi connectivity index (χ1n) is 11.5. The number of amides is 1. The maximum Gasteiger partial charge on any atom is 0.435 e. The maximum atomic E-state index is 13.8. The van der Waals surface area contributed by atoms with Gasteiger partial charge in [-0.3, -0.25) is 14.5 Å². The van der Waals surface area contributed by atoms with Crippen LogP contribution in [0.15, 0.2) is 18.2 Å². The van der Waals surface area contributed by atoms with E-state index in [4.69, 9.17) is 12.2 Å². The molecule has 0 saturated carbocycles. The van der Waals surface area contributed by atoms with E-state index < -0.39 is 29.0 Å². The Labute approximate surface area is 201 Å². The zero-order valence-corrected chi connectivity index (χ0v) is 19.7. The topological polar surface area (TPSA) is 93.2 Å². The number of Topliss-reactive ketones (excluding diaryl/α,β-unsaturated/α-hetero) is 1. The van der Waals surface area contributed by atoms with Crippen LogP contribution in [0, 0.1) is 17.8 Å². The number of carbonyl (C=O) groups excluding carboxylic acids is 2. The zero-order valence-electron chi connectivity index (χ0n) is 19.7. The Morgan fingerprint density at radius 3 is 2.74 bits per heavy atom. The predicted octanol–water partition coefficient (Wildman–Crippen LogP) is 3.65. The number of carbonyl (C=O) groups is 2. The first-order valence-corrected chi connectivity index (χ1v) is 11.5. The lowest BCUT2D eigenvalue weighted by Crippen LogP contribution is -2.42. The van der Waals surface area contributed by atoms with Crippen molar-refractivity contribution in [3.63, 3.8) is 0 Å². The number of terminal acetylenes is 1. The molecule has 1 fully saturated rings. The fraction of sp³-hybridized carbons (Fsp3) is 0.480. The van der Waals surface area contributed by atoms with E-state index in [0.717, 1.165) is 19.4 Å². The lowest BCUT2D eigenvalue weighted by Gasteiger charge is -2.33. The molecule has 0 radical (unpaired) electrons. The van der Waals surface area contributed by atoms with E-state index in [0.29, 0.717) is 24.5 Å². The number of fused-ring (bicyclic) bond motifs is 1. The van der Waals surface area contributed by atoms with Crippen molar-refractivity contribution in [2.24, 2.45) is 11.1 Å². The molecule has 1 aromatic carbocycles. The molecule has 1 aliphatic heterocycles. The van der Waals surface area contributed by atoms with Crippen molar-refractivity contribution in [3.05, 3.63) is 40.7 Å². The molecule has 2 aromatic rings. The Bertz CT molecular complexity index is 1210. The number of nitrogens with one attached hydrogen (secondary N) is 1. The fourth-order valence-electron chi connectivity index (χ4n) is 5.02. The smallest absolute Gasteiger partial charge is 0.380 e. The van der Waals surface area contributed by atoms with Crippen molar-refractivity contribution >= 4 is 17.4 Å². The summed E-state index contributed by atoms with van der Waals surface area (Å²) in [6.07, 6.45) is 2.67. The summed E-state index contributed by atoms with van der Waals surface area (Å²) in [7, 11) is 0. The molecule has 1 saturated heterocycles. The SMILES string of the molecule is C#CCN1CCCC(Nc2cc(-n3nc(C(F)(F)F)c4c3CC(C)(C)CC4=O)ccc2C(N)=O)C1. The number of halogens is 3. The number of ketones is 1. The summed E-state index contributed by atoms with van der Waals surface area (Å²) in [5.41, 5.74) is 4.66. The minimum atomic E-state index is -4.77. The summed E-state index contributed by atoms with van der Waals surface area (Å²) in [4.78, 5) is 26.9. The summed E-state index contributed by atoms with van der Waals surface area (Å²) in [5, 5.41) is 7.17. The van der Waals surface area contributed by atoms with Gasteiger partial charge in [-0.25, -0.2) is 4.68 Å². The van der Waals surface area contributed by atoms with E-state index in [1.807, 2.05) is 13.8 Å². The minimum Gasteiger partial charge on any atom is -0.380 e. The Kier molecular flexibility index (Phi) is 6.40. The van der Waals surface area contributed by atoms with Crippen LogP contribution in [0.5, 0.6) is 0 Å². The maximum absolute atomic E-state index is 13.8. The Morgan fingerprint density at radius 2 is 2.09 bits per heavy atom. The van der Waals surface area contributed by atoms with Gasteiger partial charge in [0.05, 0.1) is 29.1 Å². The van der Waals surface area contributed by atoms with Gasteiger partial charge in [0.1, 0.15) is 0 Å². The van der Waals surface area contributed by atoms with Gasteiger partial charge < -0.3 is 11.1 Å². The van der Waals surface area contributed by atoms with Gasteiger partial charge in [-0.15, -0.1) is 6.42 Å². The van der Waals surface area contributed by atoms with Gasteiger partial charge in [0.2, 0.25) is 0 Å². The van der Waals surface area contributed by atoms with E-state index in [-0.39, 0.29) is 35.7 Å². The molecule has 1 aliphatic carbocycles. The van der Waals surface area contributed by atoms with E-state index in [1.165, 1.54) is 16.8 Å². The average molecular weight is 488 g/mol. The van der Waals surface area contributed by atoms with Crippen molar-refractivity contribution in [1.82, 2.24) is 14.7 Å². The molecule has 1 aromatic heterocycles. The first-order chi connectivity index (χ1) is 16.4. The molecule has 7 nitrogen and oxygen atoms in total. The Balaban J connectivity index is 1.78. The van der Waals surface area contributed by atoms with Gasteiger partial charge in [-0.2, -0.15) is 18.3 Å². The number of hydrogen-bond donors (Lipinski definition) is 2. The quantitative estimate of drug-likeness (QED) is 0.628. The number of anilines is 1. The van der Waals surface area contributed by atoms with Gasteiger partial charge in [0, 0.05) is 24.7 Å². The highest BCUT2D eigenvalue weighted by molar-refractivity contribution is 6.00. The predicted molar refractivity (Wildman–Crippen MR) is 125 cm³/mol. The molecular formula is C25H28F3N5O2. The van der Waals surface area contributed by atoms with Crippen LogP contribution in [0.3, 0.4) is 0 Å². The Hall–Kier alpha value is -3.32. The number of likely N-dealkylation sites (tertiary alicyclic amines) is 1. The molecule has 4 rings (SSSR count). The van der Waals surface area contributed by atoms with Crippen LogP contribution in [-0.2, 0) is 12.6 Å². The molecule has 3 N–H and O–H groups in total. The number of benzene rings is 1. The third-order valence-corrected chi connectivity index (χ3v) is 6.51. The number of nitrogens with two attached hydrogens (primary N) is 1. The number of nitrogens with zero attached hydrogens (tertiary/aromatic N) is 3. The highest BCUT2D eigenvalue weighted by atomic mass is 19.4. The largest absolute Gasteiger partial charge is 0.435 e. The summed E-state index contributed by atoms with van der Waals surface area (Å²) in [6, 6.07) is 4.51. The van der Waals surface area contributed by atoms with Gasteiger partial charge in [0.25, 0.3) is 5.91 Å². The summed E-state index contributed by atoms with van der Waals surface area (Å²) in [5.74, 6) is 1.40. The lowest BCUT2D eigenvalue weighted by molar-refractivity contribution is -0.141. The second-order valence-corrected chi connectivity index (χ2v) is 10.0. The van der Waals surface area contributed by atoms with Gasteiger partial charge >= 0.3 is 6.18 Å². The zero-order chi connectivity index (χ0) is 25.5. The molecule has 0 bridgehead atoms. The average Bonchev–Trinajstić information content (AvgIpc) is 3.13. The molecule has 0 spiro atoms. The van der Waals surface area contributed by atoms with Crippen molar-refractivity contribution < 1.29 is 22.8 Å². The molecule has 1 unspecified atom stereocenters. The second kappa shape index (κ2) is 9.04. The van der Waals surface area contributed by atoms with Gasteiger partial charge in [-0.05, 0) is 49.4 Å². The molecular weight excluding hydrogens is 459 g/mol. The van der Waals surface area contributed by atoms with Crippen LogP contribution in [0.1, 0.15) is 65.2 Å². The summed E-state index contributed by atoms with van der Waals surface area (Å²) in [6.45, 7) is 5.71. The summed E-state index contributed by atoms with van der Waals surface area (Å²) < 4.78 is 42.6. The van der Waals surface area contributed by atoms with Crippen molar-refractivity contribution in [3.8, 4) is 18.0 Å². The van der Waals surface area contributed by atoms with Crippen molar-refractivity contribution in [1.29, 1.82) is 0 Å². The highest BCUT2D eigenvalue weighted by Gasteiger charge is 2.45.